The third kappa shape index (κ3) is 9.08. The zero-order valence-corrected chi connectivity index (χ0v) is 12.0. The molecular weight excluding hydrogens is 282 g/mol. The highest BCUT2D eigenvalue weighted by Crippen LogP contribution is 1.97. The highest BCUT2D eigenvalue weighted by Gasteiger charge is 2.20. The van der Waals surface area contributed by atoms with E-state index in [4.69, 9.17) is 10.8 Å². The minimum Gasteiger partial charge on any atom is -0.480 e. The summed E-state index contributed by atoms with van der Waals surface area (Å²) in [6, 6.07) is -2.21. The molecule has 5 amide bonds. The summed E-state index contributed by atoms with van der Waals surface area (Å²) in [5.41, 5.74) is 4.92. The zero-order valence-electron chi connectivity index (χ0n) is 12.0. The van der Waals surface area contributed by atoms with Crippen molar-refractivity contribution in [2.24, 2.45) is 5.73 Å². The SMILES string of the molecule is CN(C)C(=O)NCCNC(=O)N[C@@H](CCC(N)=O)C(=O)O. The molecule has 0 aromatic rings. The Hall–Kier alpha value is -2.52. The van der Waals surface area contributed by atoms with E-state index in [2.05, 4.69) is 16.0 Å². The molecule has 0 fully saturated rings. The number of nitrogens with two attached hydrogens (primary N) is 1. The van der Waals surface area contributed by atoms with Crippen LogP contribution in [-0.2, 0) is 9.59 Å². The number of amides is 5. The van der Waals surface area contributed by atoms with Crippen molar-refractivity contribution in [1.29, 1.82) is 0 Å². The average molecular weight is 303 g/mol. The fraction of sp³-hybridized carbons (Fsp3) is 0.636. The molecule has 0 aliphatic carbocycles. The van der Waals surface area contributed by atoms with Gasteiger partial charge in [0.05, 0.1) is 0 Å². The van der Waals surface area contributed by atoms with Crippen molar-refractivity contribution in [3.8, 4) is 0 Å². The molecule has 0 saturated heterocycles. The summed E-state index contributed by atoms with van der Waals surface area (Å²) < 4.78 is 0. The molecule has 0 unspecified atom stereocenters. The Balaban J connectivity index is 4.01. The van der Waals surface area contributed by atoms with E-state index in [9.17, 15) is 19.2 Å². The van der Waals surface area contributed by atoms with Crippen LogP contribution in [-0.4, -0.2) is 67.2 Å². The van der Waals surface area contributed by atoms with Gasteiger partial charge in [-0.05, 0) is 6.42 Å². The first kappa shape index (κ1) is 18.5. The van der Waals surface area contributed by atoms with Crippen LogP contribution in [0.1, 0.15) is 12.8 Å². The third-order valence-corrected chi connectivity index (χ3v) is 2.38. The van der Waals surface area contributed by atoms with Crippen molar-refractivity contribution in [3.05, 3.63) is 0 Å². The molecule has 0 aromatic carbocycles. The van der Waals surface area contributed by atoms with Crippen molar-refractivity contribution in [3.63, 3.8) is 0 Å². The smallest absolute Gasteiger partial charge is 0.326 e. The Morgan fingerprint density at radius 1 is 1.14 bits per heavy atom. The Labute approximate surface area is 122 Å². The first-order chi connectivity index (χ1) is 9.73. The fourth-order valence-corrected chi connectivity index (χ4v) is 1.26. The first-order valence-electron chi connectivity index (χ1n) is 6.24. The van der Waals surface area contributed by atoms with Gasteiger partial charge in [0.1, 0.15) is 6.04 Å². The van der Waals surface area contributed by atoms with E-state index in [1.165, 1.54) is 4.90 Å². The van der Waals surface area contributed by atoms with E-state index in [0.717, 1.165) is 0 Å². The third-order valence-electron chi connectivity index (χ3n) is 2.38. The second-order valence-corrected chi connectivity index (χ2v) is 4.42. The van der Waals surface area contributed by atoms with Crippen LogP contribution in [0.25, 0.3) is 0 Å². The number of carboxylic acid groups (broad SMARTS) is 1. The summed E-state index contributed by atoms with van der Waals surface area (Å²) in [7, 11) is 3.15. The summed E-state index contributed by atoms with van der Waals surface area (Å²) in [5, 5.41) is 16.0. The van der Waals surface area contributed by atoms with E-state index >= 15 is 0 Å². The molecule has 1 atom stereocenters. The second kappa shape index (κ2) is 9.39. The molecule has 0 aliphatic heterocycles. The van der Waals surface area contributed by atoms with E-state index in [0.29, 0.717) is 0 Å². The van der Waals surface area contributed by atoms with E-state index < -0.39 is 23.9 Å². The summed E-state index contributed by atoms with van der Waals surface area (Å²) >= 11 is 0. The lowest BCUT2D eigenvalue weighted by Gasteiger charge is -2.15. The predicted octanol–water partition coefficient (Wildman–Crippen LogP) is -1.72. The monoisotopic (exact) mass is 303 g/mol. The molecule has 0 spiro atoms. The normalized spacial score (nSPS) is 11.1. The van der Waals surface area contributed by atoms with Crippen LogP contribution in [0.2, 0.25) is 0 Å². The van der Waals surface area contributed by atoms with Crippen LogP contribution in [0.4, 0.5) is 9.59 Å². The van der Waals surface area contributed by atoms with Gasteiger partial charge in [-0.25, -0.2) is 14.4 Å². The Kier molecular flexibility index (Phi) is 8.27. The van der Waals surface area contributed by atoms with Gasteiger partial charge >= 0.3 is 18.0 Å². The second-order valence-electron chi connectivity index (χ2n) is 4.42. The zero-order chi connectivity index (χ0) is 16.4. The number of carbonyl (C=O) groups is 4. The summed E-state index contributed by atoms with van der Waals surface area (Å²) in [6.45, 7) is 0.330. The van der Waals surface area contributed by atoms with Gasteiger partial charge in [0.15, 0.2) is 0 Å². The number of nitrogens with zero attached hydrogens (tertiary/aromatic N) is 1. The minimum absolute atomic E-state index is 0.0878. The molecule has 0 bridgehead atoms. The number of carbonyl (C=O) groups excluding carboxylic acids is 3. The Morgan fingerprint density at radius 3 is 2.19 bits per heavy atom. The Bertz CT molecular complexity index is 398. The maximum absolute atomic E-state index is 11.5. The van der Waals surface area contributed by atoms with Gasteiger partial charge in [-0.15, -0.1) is 0 Å². The van der Waals surface area contributed by atoms with Crippen LogP contribution in [0.3, 0.4) is 0 Å². The van der Waals surface area contributed by atoms with Crippen molar-refractivity contribution >= 4 is 23.9 Å². The van der Waals surface area contributed by atoms with Crippen molar-refractivity contribution < 1.29 is 24.3 Å². The van der Waals surface area contributed by atoms with Crippen molar-refractivity contribution in [1.82, 2.24) is 20.9 Å². The van der Waals surface area contributed by atoms with Crippen molar-refractivity contribution in [2.75, 3.05) is 27.2 Å². The van der Waals surface area contributed by atoms with Gasteiger partial charge in [0, 0.05) is 33.6 Å². The van der Waals surface area contributed by atoms with E-state index in [1.807, 2.05) is 0 Å². The maximum Gasteiger partial charge on any atom is 0.326 e. The number of primary amides is 1. The number of rotatable bonds is 8. The van der Waals surface area contributed by atoms with E-state index in [1.54, 1.807) is 14.1 Å². The fourth-order valence-electron chi connectivity index (χ4n) is 1.26. The summed E-state index contributed by atoms with van der Waals surface area (Å²) in [6.07, 6.45) is -0.231. The van der Waals surface area contributed by atoms with Gasteiger partial charge in [0.25, 0.3) is 0 Å². The topological polar surface area (TPSA) is 154 Å². The summed E-state index contributed by atoms with van der Waals surface area (Å²) in [5.74, 6) is -1.90. The molecule has 10 heteroatoms. The molecule has 10 nitrogen and oxygen atoms in total. The van der Waals surface area contributed by atoms with Crippen molar-refractivity contribution in [2.45, 2.75) is 18.9 Å². The Morgan fingerprint density at radius 2 is 1.71 bits per heavy atom. The highest BCUT2D eigenvalue weighted by atomic mass is 16.4. The molecule has 0 heterocycles. The van der Waals surface area contributed by atoms with Crippen LogP contribution >= 0.6 is 0 Å². The molecule has 0 aliphatic rings. The van der Waals surface area contributed by atoms with E-state index in [-0.39, 0.29) is 32.0 Å². The average Bonchev–Trinajstić information content (AvgIpc) is 2.38. The number of carboxylic acids is 1. The van der Waals surface area contributed by atoms with Gasteiger partial charge in [-0.2, -0.15) is 0 Å². The van der Waals surface area contributed by atoms with Crippen LogP contribution in [0.15, 0.2) is 0 Å². The predicted molar refractivity (Wildman–Crippen MR) is 73.5 cm³/mol. The molecule has 0 radical (unpaired) electrons. The van der Waals surface area contributed by atoms with Gasteiger partial charge < -0.3 is 31.7 Å². The number of hydrogen-bond donors (Lipinski definition) is 5. The van der Waals surface area contributed by atoms with Gasteiger partial charge in [-0.3, -0.25) is 4.79 Å². The standard InChI is InChI=1S/C11H21N5O5/c1-16(2)11(21)14-6-5-13-10(20)15-7(9(18)19)3-4-8(12)17/h7H,3-6H2,1-2H3,(H2,12,17)(H,14,21)(H,18,19)(H2,13,15,20)/t7-/m0/s1. The lowest BCUT2D eigenvalue weighted by Crippen LogP contribution is -2.48. The molecule has 21 heavy (non-hydrogen) atoms. The van der Waals surface area contributed by atoms with Crippen LogP contribution in [0.5, 0.6) is 0 Å². The largest absolute Gasteiger partial charge is 0.480 e. The van der Waals surface area contributed by atoms with Gasteiger partial charge in [-0.1, -0.05) is 0 Å². The number of urea groups is 2. The molecule has 0 aromatic heterocycles. The number of nitrogens with one attached hydrogen (secondary N) is 3. The number of hydrogen-bond acceptors (Lipinski definition) is 4. The molecule has 0 rings (SSSR count). The first-order valence-corrected chi connectivity index (χ1v) is 6.24. The minimum atomic E-state index is -1.26. The van der Waals surface area contributed by atoms with Gasteiger partial charge in [0.2, 0.25) is 5.91 Å². The maximum atomic E-state index is 11.5. The molecular formula is C11H21N5O5. The summed E-state index contributed by atoms with van der Waals surface area (Å²) in [4.78, 5) is 45.4. The molecule has 6 N–H and O–H groups in total. The highest BCUT2D eigenvalue weighted by molar-refractivity contribution is 5.83. The lowest BCUT2D eigenvalue weighted by atomic mass is 10.1. The van der Waals surface area contributed by atoms with Crippen LogP contribution < -0.4 is 21.7 Å². The lowest BCUT2D eigenvalue weighted by molar-refractivity contribution is -0.139. The van der Waals surface area contributed by atoms with Crippen LogP contribution in [0, 0.1) is 0 Å². The quantitative estimate of drug-likeness (QED) is 0.337. The molecule has 120 valence electrons. The molecule has 0 saturated carbocycles. The number of aliphatic carboxylic acids is 1.